The molecule has 1 unspecified atom stereocenters. The lowest BCUT2D eigenvalue weighted by Crippen LogP contribution is -2.40. The minimum Gasteiger partial charge on any atom is -0.366 e. The van der Waals surface area contributed by atoms with Gasteiger partial charge in [0, 0.05) is 13.1 Å². The molecular formula is C9H18N2S. The Labute approximate surface area is 80.1 Å². The van der Waals surface area contributed by atoms with Gasteiger partial charge < -0.3 is 10.6 Å². The first kappa shape index (κ1) is 9.78. The van der Waals surface area contributed by atoms with Crippen molar-refractivity contribution in [1.82, 2.24) is 10.6 Å². The molecule has 3 heteroatoms. The molecule has 1 atom stereocenters. The second-order valence-corrected chi connectivity index (χ2v) is 3.92. The first-order valence-corrected chi connectivity index (χ1v) is 5.15. The third-order valence-corrected chi connectivity index (χ3v) is 2.69. The molecule has 0 amide bonds. The van der Waals surface area contributed by atoms with Crippen LogP contribution in [0.15, 0.2) is 0 Å². The molecule has 0 heterocycles. The van der Waals surface area contributed by atoms with Gasteiger partial charge in [0.25, 0.3) is 0 Å². The predicted molar refractivity (Wildman–Crippen MR) is 56.2 cm³/mol. The highest BCUT2D eigenvalue weighted by Gasteiger charge is 2.24. The van der Waals surface area contributed by atoms with Crippen molar-refractivity contribution in [3.8, 4) is 0 Å². The van der Waals surface area contributed by atoms with E-state index in [-0.39, 0.29) is 0 Å². The zero-order valence-corrected chi connectivity index (χ0v) is 8.71. The minimum atomic E-state index is 0.581. The maximum atomic E-state index is 5.05. The summed E-state index contributed by atoms with van der Waals surface area (Å²) in [7, 11) is 1.86. The van der Waals surface area contributed by atoms with Gasteiger partial charge in [-0.15, -0.1) is 0 Å². The van der Waals surface area contributed by atoms with E-state index in [1.807, 2.05) is 7.05 Å². The zero-order chi connectivity index (χ0) is 8.97. The van der Waals surface area contributed by atoms with Crippen LogP contribution in [0.25, 0.3) is 0 Å². The van der Waals surface area contributed by atoms with Gasteiger partial charge in [-0.1, -0.05) is 19.8 Å². The summed E-state index contributed by atoms with van der Waals surface area (Å²) in [6, 6.07) is 0.581. The quantitative estimate of drug-likeness (QED) is 0.653. The van der Waals surface area contributed by atoms with Crippen LogP contribution in [0, 0.1) is 5.92 Å². The van der Waals surface area contributed by atoms with Crippen LogP contribution in [-0.4, -0.2) is 18.2 Å². The van der Waals surface area contributed by atoms with Gasteiger partial charge in [-0.25, -0.2) is 0 Å². The summed E-state index contributed by atoms with van der Waals surface area (Å²) in [5.74, 6) is 0.974. The highest BCUT2D eigenvalue weighted by atomic mass is 32.1. The zero-order valence-electron chi connectivity index (χ0n) is 7.89. The summed E-state index contributed by atoms with van der Waals surface area (Å²) in [5, 5.41) is 7.03. The molecule has 0 aliphatic heterocycles. The second-order valence-electron chi connectivity index (χ2n) is 3.51. The van der Waals surface area contributed by atoms with E-state index in [0.29, 0.717) is 6.04 Å². The summed E-state index contributed by atoms with van der Waals surface area (Å²) >= 11 is 5.05. The average molecular weight is 186 g/mol. The fourth-order valence-corrected chi connectivity index (χ4v) is 1.51. The molecule has 1 fully saturated rings. The van der Waals surface area contributed by atoms with E-state index in [1.165, 1.54) is 25.7 Å². The maximum absolute atomic E-state index is 5.05. The van der Waals surface area contributed by atoms with Crippen molar-refractivity contribution in [2.24, 2.45) is 5.92 Å². The summed E-state index contributed by atoms with van der Waals surface area (Å²) < 4.78 is 0. The first-order valence-electron chi connectivity index (χ1n) is 4.74. The van der Waals surface area contributed by atoms with Crippen molar-refractivity contribution >= 4 is 17.3 Å². The second kappa shape index (κ2) is 4.65. The number of rotatable bonds is 4. The summed E-state index contributed by atoms with van der Waals surface area (Å²) in [6.45, 7) is 2.21. The van der Waals surface area contributed by atoms with Crippen molar-refractivity contribution in [2.45, 2.75) is 38.6 Å². The molecular weight excluding hydrogens is 168 g/mol. The third kappa shape index (κ3) is 3.39. The van der Waals surface area contributed by atoms with E-state index in [0.717, 1.165) is 11.0 Å². The van der Waals surface area contributed by atoms with Crippen LogP contribution in [0.5, 0.6) is 0 Å². The Hall–Kier alpha value is -0.310. The van der Waals surface area contributed by atoms with Crippen LogP contribution in [0.2, 0.25) is 0 Å². The van der Waals surface area contributed by atoms with Crippen LogP contribution < -0.4 is 10.6 Å². The summed E-state index contributed by atoms with van der Waals surface area (Å²) in [6.07, 6.45) is 5.30. The Bertz CT molecular complexity index is 155. The van der Waals surface area contributed by atoms with Crippen LogP contribution in [0.4, 0.5) is 0 Å². The van der Waals surface area contributed by atoms with Crippen LogP contribution in [0.1, 0.15) is 32.6 Å². The smallest absolute Gasteiger partial charge is 0.166 e. The SMILES string of the molecule is CCC(CC1CC1)NC(=S)NC. The maximum Gasteiger partial charge on any atom is 0.166 e. The lowest BCUT2D eigenvalue weighted by molar-refractivity contribution is 0.509. The van der Waals surface area contributed by atoms with Gasteiger partial charge in [0.1, 0.15) is 0 Å². The molecule has 70 valence electrons. The molecule has 0 spiro atoms. The minimum absolute atomic E-state index is 0.581. The predicted octanol–water partition coefficient (Wildman–Crippen LogP) is 1.66. The fraction of sp³-hybridized carbons (Fsp3) is 0.889. The Morgan fingerprint density at radius 1 is 1.58 bits per heavy atom. The van der Waals surface area contributed by atoms with Gasteiger partial charge in [-0.3, -0.25) is 0 Å². The topological polar surface area (TPSA) is 24.1 Å². The number of hydrogen-bond donors (Lipinski definition) is 2. The molecule has 1 rings (SSSR count). The van der Waals surface area contributed by atoms with Gasteiger partial charge in [-0.05, 0) is 31.0 Å². The Morgan fingerprint density at radius 3 is 2.67 bits per heavy atom. The monoisotopic (exact) mass is 186 g/mol. The Balaban J connectivity index is 2.18. The normalized spacial score (nSPS) is 18.5. The standard InChI is InChI=1S/C9H18N2S/c1-3-8(6-7-4-5-7)11-9(12)10-2/h7-8H,3-6H2,1-2H3,(H2,10,11,12). The first-order chi connectivity index (χ1) is 5.76. The molecule has 2 N–H and O–H groups in total. The molecule has 1 aliphatic carbocycles. The van der Waals surface area contributed by atoms with Crippen molar-refractivity contribution in [3.63, 3.8) is 0 Å². The van der Waals surface area contributed by atoms with Gasteiger partial charge in [-0.2, -0.15) is 0 Å². The van der Waals surface area contributed by atoms with E-state index < -0.39 is 0 Å². The highest BCUT2D eigenvalue weighted by molar-refractivity contribution is 7.80. The van der Waals surface area contributed by atoms with Crippen molar-refractivity contribution in [1.29, 1.82) is 0 Å². The summed E-state index contributed by atoms with van der Waals surface area (Å²) in [5.41, 5.74) is 0. The number of thiocarbonyl (C=S) groups is 1. The molecule has 0 aromatic carbocycles. The molecule has 1 saturated carbocycles. The molecule has 0 aromatic rings. The van der Waals surface area contributed by atoms with E-state index in [4.69, 9.17) is 12.2 Å². The van der Waals surface area contributed by atoms with E-state index >= 15 is 0 Å². The molecule has 0 saturated heterocycles. The van der Waals surface area contributed by atoms with Crippen LogP contribution >= 0.6 is 12.2 Å². The number of nitrogens with one attached hydrogen (secondary N) is 2. The van der Waals surface area contributed by atoms with Crippen molar-refractivity contribution in [2.75, 3.05) is 7.05 Å². The summed E-state index contributed by atoms with van der Waals surface area (Å²) in [4.78, 5) is 0. The van der Waals surface area contributed by atoms with Crippen molar-refractivity contribution < 1.29 is 0 Å². The molecule has 12 heavy (non-hydrogen) atoms. The van der Waals surface area contributed by atoms with E-state index in [1.54, 1.807) is 0 Å². The lowest BCUT2D eigenvalue weighted by Gasteiger charge is -2.17. The Kier molecular flexibility index (Phi) is 3.79. The van der Waals surface area contributed by atoms with Gasteiger partial charge >= 0.3 is 0 Å². The fourth-order valence-electron chi connectivity index (χ4n) is 1.34. The largest absolute Gasteiger partial charge is 0.366 e. The molecule has 0 aromatic heterocycles. The highest BCUT2D eigenvalue weighted by Crippen LogP contribution is 2.33. The Morgan fingerprint density at radius 2 is 2.25 bits per heavy atom. The van der Waals surface area contributed by atoms with Crippen LogP contribution in [-0.2, 0) is 0 Å². The molecule has 0 bridgehead atoms. The van der Waals surface area contributed by atoms with Gasteiger partial charge in [0.15, 0.2) is 5.11 Å². The van der Waals surface area contributed by atoms with Gasteiger partial charge in [0.2, 0.25) is 0 Å². The third-order valence-electron chi connectivity index (χ3n) is 2.37. The van der Waals surface area contributed by atoms with E-state index in [9.17, 15) is 0 Å². The molecule has 0 radical (unpaired) electrons. The number of hydrogen-bond acceptors (Lipinski definition) is 1. The van der Waals surface area contributed by atoms with E-state index in [2.05, 4.69) is 17.6 Å². The van der Waals surface area contributed by atoms with Gasteiger partial charge in [0.05, 0.1) is 0 Å². The molecule has 2 nitrogen and oxygen atoms in total. The average Bonchev–Trinajstić information content (AvgIpc) is 2.86. The van der Waals surface area contributed by atoms with Crippen LogP contribution in [0.3, 0.4) is 0 Å². The van der Waals surface area contributed by atoms with Crippen molar-refractivity contribution in [3.05, 3.63) is 0 Å². The molecule has 1 aliphatic rings. The lowest BCUT2D eigenvalue weighted by atomic mass is 10.1.